The van der Waals surface area contributed by atoms with Crippen LogP contribution in [0.2, 0.25) is 0 Å². The molecule has 3 aromatic rings. The van der Waals surface area contributed by atoms with Crippen molar-refractivity contribution in [2.24, 2.45) is 10.9 Å². The predicted octanol–water partition coefficient (Wildman–Crippen LogP) is 11.1. The number of aryl methyl sites for hydroxylation is 1. The van der Waals surface area contributed by atoms with E-state index in [1.165, 1.54) is 68.5 Å². The quantitative estimate of drug-likeness (QED) is 0.115. The van der Waals surface area contributed by atoms with Gasteiger partial charge in [-0.05, 0) is 37.3 Å². The van der Waals surface area contributed by atoms with Crippen LogP contribution in [0.15, 0.2) is 65.7 Å². The van der Waals surface area contributed by atoms with Gasteiger partial charge in [0.2, 0.25) is 0 Å². The molecule has 1 heterocycles. The molecule has 0 aromatic heterocycles. The Balaban J connectivity index is 0.000000292. The van der Waals surface area contributed by atoms with Crippen LogP contribution in [0.3, 0.4) is 0 Å². The summed E-state index contributed by atoms with van der Waals surface area (Å²) >= 11 is 0. The average molecular weight is 602 g/mol. The molecule has 43 heavy (non-hydrogen) atoms. The zero-order valence-corrected chi connectivity index (χ0v) is 28.6. The van der Waals surface area contributed by atoms with Gasteiger partial charge in [0.1, 0.15) is 0 Å². The third kappa shape index (κ3) is 8.51. The van der Waals surface area contributed by atoms with Crippen molar-refractivity contribution in [1.29, 1.82) is 0 Å². The van der Waals surface area contributed by atoms with Crippen molar-refractivity contribution in [3.8, 4) is 11.1 Å². The number of unbranched alkanes of at least 4 members (excludes halogenated alkanes) is 1. The van der Waals surface area contributed by atoms with Crippen LogP contribution in [-0.4, -0.2) is 37.1 Å². The van der Waals surface area contributed by atoms with Gasteiger partial charge < -0.3 is 0 Å². The van der Waals surface area contributed by atoms with Gasteiger partial charge in [0.05, 0.1) is 0 Å². The minimum atomic E-state index is -1.89. The first-order valence-corrected chi connectivity index (χ1v) is 20.1. The summed E-state index contributed by atoms with van der Waals surface area (Å²) in [5.74, 6) is 1.47. The second-order valence-electron chi connectivity index (χ2n) is 13.9. The van der Waals surface area contributed by atoms with Crippen LogP contribution in [0.5, 0.6) is 0 Å². The first kappa shape index (κ1) is 33.3. The summed E-state index contributed by atoms with van der Waals surface area (Å²) in [4.78, 5) is 16.2. The van der Waals surface area contributed by atoms with Gasteiger partial charge in [-0.1, -0.05) is 51.3 Å². The summed E-state index contributed by atoms with van der Waals surface area (Å²) in [6, 6.07) is 20.3. The number of hydrogen-bond acceptors (Lipinski definition) is 2. The summed E-state index contributed by atoms with van der Waals surface area (Å²) in [5, 5.41) is 0.981. The molecule has 1 saturated heterocycles. The Bertz CT molecular complexity index is 1460. The number of carbonyl (C=O) groups is 1. The van der Waals surface area contributed by atoms with Gasteiger partial charge in [-0.15, -0.1) is 0 Å². The van der Waals surface area contributed by atoms with Gasteiger partial charge in [0, 0.05) is 5.56 Å². The van der Waals surface area contributed by atoms with Gasteiger partial charge in [0.25, 0.3) is 0 Å². The molecule has 2 nitrogen and oxygen atoms in total. The molecule has 0 N–H and O–H groups in total. The van der Waals surface area contributed by atoms with Crippen molar-refractivity contribution in [1.82, 2.24) is 0 Å². The molecule has 232 valence electrons. The molecule has 0 unspecified atom stereocenters. The number of rotatable bonds is 12. The predicted molar refractivity (Wildman–Crippen MR) is 188 cm³/mol. The molecule has 5 rings (SSSR count). The molecule has 2 fully saturated rings. The van der Waals surface area contributed by atoms with Crippen molar-refractivity contribution in [3.05, 3.63) is 83.2 Å². The van der Waals surface area contributed by atoms with Crippen molar-refractivity contribution < 1.29 is 9.18 Å². The summed E-state index contributed by atoms with van der Waals surface area (Å²) in [6.45, 7) is 13.2. The molecule has 1 aliphatic carbocycles. The van der Waals surface area contributed by atoms with Crippen LogP contribution < -0.4 is 5.30 Å². The molecule has 0 amide bonds. The minimum absolute atomic E-state index is 0.0241. The number of Topliss-reactive ketones (excluding diaryl/α,β-unsaturated/α-hetero) is 1. The van der Waals surface area contributed by atoms with E-state index < -0.39 is 6.60 Å². The zero-order valence-electron chi connectivity index (χ0n) is 27.7. The molecule has 0 spiro atoms. The number of aliphatic imine (C=N–C) groups is 1. The maximum atomic E-state index is 15.0. The SMILES string of the molecule is CC(=O)c1cccc(C2CC2)c1.CCCC[C@H](CCC)C(CC)=Nc1ccc(-c2ccc(P3(C)(C)CC3)c(F)c2)cc1C. The Morgan fingerprint density at radius 3 is 2.19 bits per heavy atom. The molecule has 4 heteroatoms. The van der Waals surface area contributed by atoms with Crippen molar-refractivity contribution in [3.63, 3.8) is 0 Å². The molecular weight excluding hydrogens is 548 g/mol. The van der Waals surface area contributed by atoms with Gasteiger partial charge in [-0.25, -0.2) is 0 Å². The van der Waals surface area contributed by atoms with Crippen LogP contribution in [0, 0.1) is 18.7 Å². The van der Waals surface area contributed by atoms with Crippen LogP contribution in [0.1, 0.15) is 106 Å². The first-order chi connectivity index (χ1) is 20.5. The Labute approximate surface area is 260 Å². The summed E-state index contributed by atoms with van der Waals surface area (Å²) < 4.78 is 15.0. The van der Waals surface area contributed by atoms with E-state index in [2.05, 4.69) is 77.4 Å². The van der Waals surface area contributed by atoms with Crippen LogP contribution in [0.4, 0.5) is 10.1 Å². The fourth-order valence-corrected chi connectivity index (χ4v) is 9.93. The Morgan fingerprint density at radius 1 is 0.930 bits per heavy atom. The molecular formula is C39H53FNOP. The Hall–Kier alpha value is -2.64. The monoisotopic (exact) mass is 601 g/mol. The van der Waals surface area contributed by atoms with E-state index in [0.717, 1.165) is 45.6 Å². The summed E-state index contributed by atoms with van der Waals surface area (Å²) in [6.07, 6.45) is 12.1. The summed E-state index contributed by atoms with van der Waals surface area (Å²) in [5.41, 5.74) is 7.76. The van der Waals surface area contributed by atoms with Gasteiger partial charge in [-0.2, -0.15) is 0 Å². The average Bonchev–Trinajstić information content (AvgIpc) is 3.93. The van der Waals surface area contributed by atoms with E-state index in [0.29, 0.717) is 5.92 Å². The van der Waals surface area contributed by atoms with Gasteiger partial charge >= 0.3 is 156 Å². The molecule has 3 aromatic carbocycles. The van der Waals surface area contributed by atoms with Crippen molar-refractivity contribution >= 4 is 29.1 Å². The number of halogens is 1. The topological polar surface area (TPSA) is 29.4 Å². The fraction of sp³-hybridized carbons (Fsp3) is 0.487. The van der Waals surface area contributed by atoms with Crippen LogP contribution in [0.25, 0.3) is 11.1 Å². The number of benzene rings is 3. The third-order valence-corrected chi connectivity index (χ3v) is 14.3. The number of carbonyl (C=O) groups excluding carboxylic acids is 1. The normalized spacial score (nSPS) is 18.5. The third-order valence-electron chi connectivity index (χ3n) is 9.62. The van der Waals surface area contributed by atoms with E-state index >= 15 is 0 Å². The fourth-order valence-electron chi connectivity index (χ4n) is 6.08. The van der Waals surface area contributed by atoms with Crippen molar-refractivity contribution in [2.75, 3.05) is 25.7 Å². The number of nitrogens with zero attached hydrogens (tertiary/aromatic N) is 1. The molecule has 0 radical (unpaired) electrons. The second-order valence-corrected chi connectivity index (χ2v) is 20.6. The van der Waals surface area contributed by atoms with Gasteiger partial charge in [0.15, 0.2) is 5.78 Å². The molecule has 1 saturated carbocycles. The Morgan fingerprint density at radius 2 is 1.63 bits per heavy atom. The first-order valence-electron chi connectivity index (χ1n) is 16.6. The number of ketones is 1. The zero-order chi connectivity index (χ0) is 31.2. The Kier molecular flexibility index (Phi) is 10.8. The van der Waals surface area contributed by atoms with E-state index in [4.69, 9.17) is 4.99 Å². The number of hydrogen-bond donors (Lipinski definition) is 0. The maximum absolute atomic E-state index is 15.0. The van der Waals surface area contributed by atoms with E-state index in [-0.39, 0.29) is 11.6 Å². The van der Waals surface area contributed by atoms with Crippen molar-refractivity contribution in [2.45, 2.75) is 91.9 Å². The van der Waals surface area contributed by atoms with E-state index in [9.17, 15) is 9.18 Å². The van der Waals surface area contributed by atoms with E-state index in [1.54, 1.807) is 13.0 Å². The molecule has 0 bridgehead atoms. The second kappa shape index (κ2) is 14.0. The van der Waals surface area contributed by atoms with Crippen LogP contribution in [-0.2, 0) is 0 Å². The standard InChI is InChI=1S/C28H41FNP.C11H12O/c1-7-10-12-22(11-8-2)26(9-3)30-27-15-13-23(19-21(27)4)24-14-16-28(25(29)20-24)31(5,6)17-18-31;1-8(12)10-3-2-4-11(7-10)9-5-6-9/h13-16,19-20,22H,7-12,17-18H2,1-6H3;2-4,7,9H,5-6H2,1H3/t22-;/m0./s1. The van der Waals surface area contributed by atoms with Crippen LogP contribution >= 0.6 is 6.60 Å². The molecule has 1 aliphatic heterocycles. The molecule has 1 atom stereocenters. The van der Waals surface area contributed by atoms with E-state index in [1.807, 2.05) is 18.2 Å². The molecule has 2 aliphatic rings. The van der Waals surface area contributed by atoms with Gasteiger partial charge in [-0.3, -0.25) is 4.79 Å². The summed E-state index contributed by atoms with van der Waals surface area (Å²) in [7, 11) is 0.